The first kappa shape index (κ1) is 11.9. The molecule has 0 amide bonds. The summed E-state index contributed by atoms with van der Waals surface area (Å²) in [7, 11) is 1.33. The number of hydrogen-bond acceptors (Lipinski definition) is 5. The maximum Gasteiger partial charge on any atom is 0.338 e. The lowest BCUT2D eigenvalue weighted by Crippen LogP contribution is -2.39. The molecule has 1 saturated heterocycles. The molecule has 1 aromatic rings. The highest BCUT2D eigenvalue weighted by Gasteiger charge is 2.35. The Morgan fingerprint density at radius 3 is 2.88 bits per heavy atom. The molecule has 0 aromatic heterocycles. The molecule has 2 atom stereocenters. The molecule has 1 aromatic carbocycles. The lowest BCUT2D eigenvalue weighted by atomic mass is 10.0. The van der Waals surface area contributed by atoms with Crippen LogP contribution in [0.4, 0.5) is 5.69 Å². The zero-order chi connectivity index (χ0) is 12.3. The van der Waals surface area contributed by atoms with E-state index in [-0.39, 0.29) is 0 Å². The number of nitrogen functional groups attached to an aromatic ring is 1. The number of nitrogens with two attached hydrogens (primary N) is 1. The van der Waals surface area contributed by atoms with E-state index in [0.717, 1.165) is 5.56 Å². The molecule has 5 heteroatoms. The summed E-state index contributed by atoms with van der Waals surface area (Å²) in [5, 5.41) is 0. The molecule has 0 spiro atoms. The van der Waals surface area contributed by atoms with Gasteiger partial charge in [0.25, 0.3) is 0 Å². The Morgan fingerprint density at radius 1 is 1.41 bits per heavy atom. The standard InChI is InChI=1S/C12H15NO4/c1-15-12(14)11-10(16-5-6-17-11)8-3-2-4-9(13)7-8/h2-4,7,10-11H,5-6,13H2,1H3. The molecular formula is C12H15NO4. The lowest BCUT2D eigenvalue weighted by molar-refractivity contribution is -0.184. The van der Waals surface area contributed by atoms with Crippen LogP contribution in [-0.2, 0) is 19.0 Å². The van der Waals surface area contributed by atoms with Crippen molar-refractivity contribution in [3.05, 3.63) is 29.8 Å². The second-order valence-electron chi connectivity index (χ2n) is 3.78. The topological polar surface area (TPSA) is 70.8 Å². The van der Waals surface area contributed by atoms with Gasteiger partial charge >= 0.3 is 5.97 Å². The van der Waals surface area contributed by atoms with Crippen LogP contribution in [0.3, 0.4) is 0 Å². The lowest BCUT2D eigenvalue weighted by Gasteiger charge is -2.30. The van der Waals surface area contributed by atoms with Gasteiger partial charge in [0.2, 0.25) is 0 Å². The third kappa shape index (κ3) is 2.57. The summed E-state index contributed by atoms with van der Waals surface area (Å²) in [5.41, 5.74) is 7.15. The SMILES string of the molecule is COC(=O)C1OCCOC1c1cccc(N)c1. The van der Waals surface area contributed by atoms with Gasteiger partial charge in [-0.05, 0) is 17.7 Å². The summed E-state index contributed by atoms with van der Waals surface area (Å²) in [6.45, 7) is 0.839. The molecule has 2 N–H and O–H groups in total. The van der Waals surface area contributed by atoms with E-state index in [0.29, 0.717) is 18.9 Å². The highest BCUT2D eigenvalue weighted by atomic mass is 16.6. The van der Waals surface area contributed by atoms with E-state index in [4.69, 9.17) is 19.9 Å². The molecular weight excluding hydrogens is 222 g/mol. The van der Waals surface area contributed by atoms with Crippen molar-refractivity contribution in [3.63, 3.8) is 0 Å². The molecule has 1 aliphatic heterocycles. The summed E-state index contributed by atoms with van der Waals surface area (Å²) >= 11 is 0. The number of benzene rings is 1. The highest BCUT2D eigenvalue weighted by Crippen LogP contribution is 2.28. The second kappa shape index (κ2) is 5.16. The molecule has 2 rings (SSSR count). The van der Waals surface area contributed by atoms with Crippen LogP contribution in [0.15, 0.2) is 24.3 Å². The Balaban J connectivity index is 2.24. The van der Waals surface area contributed by atoms with E-state index >= 15 is 0 Å². The van der Waals surface area contributed by atoms with Gasteiger partial charge in [-0.2, -0.15) is 0 Å². The fourth-order valence-corrected chi connectivity index (χ4v) is 1.84. The monoisotopic (exact) mass is 237 g/mol. The summed E-state index contributed by atoms with van der Waals surface area (Å²) in [6.07, 6.45) is -1.18. The fraction of sp³-hybridized carbons (Fsp3) is 0.417. The second-order valence-corrected chi connectivity index (χ2v) is 3.78. The number of rotatable bonds is 2. The van der Waals surface area contributed by atoms with E-state index in [9.17, 15) is 4.79 Å². The summed E-state index contributed by atoms with van der Waals surface area (Å²) in [4.78, 5) is 11.6. The minimum Gasteiger partial charge on any atom is -0.467 e. The molecule has 2 unspecified atom stereocenters. The molecule has 0 radical (unpaired) electrons. The van der Waals surface area contributed by atoms with Crippen molar-refractivity contribution in [2.75, 3.05) is 26.1 Å². The van der Waals surface area contributed by atoms with Gasteiger partial charge in [0, 0.05) is 5.69 Å². The van der Waals surface area contributed by atoms with Crippen LogP contribution in [-0.4, -0.2) is 32.4 Å². The molecule has 17 heavy (non-hydrogen) atoms. The van der Waals surface area contributed by atoms with Crippen molar-refractivity contribution in [2.24, 2.45) is 0 Å². The first-order valence-corrected chi connectivity index (χ1v) is 5.39. The van der Waals surface area contributed by atoms with Gasteiger partial charge in [0.05, 0.1) is 20.3 Å². The number of esters is 1. The van der Waals surface area contributed by atoms with Crippen molar-refractivity contribution in [1.29, 1.82) is 0 Å². The zero-order valence-electron chi connectivity index (χ0n) is 9.59. The van der Waals surface area contributed by atoms with E-state index in [1.54, 1.807) is 12.1 Å². The maximum absolute atomic E-state index is 11.6. The summed E-state index contributed by atoms with van der Waals surface area (Å²) in [6, 6.07) is 7.22. The average Bonchev–Trinajstić information content (AvgIpc) is 2.38. The van der Waals surface area contributed by atoms with Crippen molar-refractivity contribution in [3.8, 4) is 0 Å². The molecule has 92 valence electrons. The number of anilines is 1. The smallest absolute Gasteiger partial charge is 0.338 e. The van der Waals surface area contributed by atoms with Crippen LogP contribution in [0, 0.1) is 0 Å². The number of ether oxygens (including phenoxy) is 3. The van der Waals surface area contributed by atoms with Crippen LogP contribution < -0.4 is 5.73 Å². The molecule has 1 heterocycles. The van der Waals surface area contributed by atoms with Gasteiger partial charge < -0.3 is 19.9 Å². The van der Waals surface area contributed by atoms with Gasteiger partial charge in [-0.15, -0.1) is 0 Å². The molecule has 5 nitrogen and oxygen atoms in total. The van der Waals surface area contributed by atoms with Gasteiger partial charge in [-0.25, -0.2) is 4.79 Å². The third-order valence-electron chi connectivity index (χ3n) is 2.63. The van der Waals surface area contributed by atoms with Crippen LogP contribution in [0.1, 0.15) is 11.7 Å². The highest BCUT2D eigenvalue weighted by molar-refractivity contribution is 5.75. The number of methoxy groups -OCH3 is 1. The van der Waals surface area contributed by atoms with Crippen molar-refractivity contribution in [1.82, 2.24) is 0 Å². The molecule has 0 aliphatic carbocycles. The third-order valence-corrected chi connectivity index (χ3v) is 2.63. The Kier molecular flexibility index (Phi) is 3.61. The van der Waals surface area contributed by atoms with E-state index in [2.05, 4.69) is 0 Å². The maximum atomic E-state index is 11.6. The number of hydrogen-bond donors (Lipinski definition) is 1. The van der Waals surface area contributed by atoms with Crippen LogP contribution in [0.5, 0.6) is 0 Å². The number of carbonyl (C=O) groups excluding carboxylic acids is 1. The first-order valence-electron chi connectivity index (χ1n) is 5.39. The van der Waals surface area contributed by atoms with E-state index < -0.39 is 18.2 Å². The Morgan fingerprint density at radius 2 is 2.18 bits per heavy atom. The zero-order valence-corrected chi connectivity index (χ0v) is 9.59. The minimum absolute atomic E-state index is 0.387. The minimum atomic E-state index is -0.726. The Labute approximate surface area is 99.5 Å². The fourth-order valence-electron chi connectivity index (χ4n) is 1.84. The van der Waals surface area contributed by atoms with Crippen molar-refractivity contribution < 1.29 is 19.0 Å². The number of carbonyl (C=O) groups is 1. The van der Waals surface area contributed by atoms with Crippen LogP contribution in [0.2, 0.25) is 0 Å². The quantitative estimate of drug-likeness (QED) is 0.611. The largest absolute Gasteiger partial charge is 0.467 e. The first-order chi connectivity index (χ1) is 8.22. The Bertz CT molecular complexity index is 407. The average molecular weight is 237 g/mol. The predicted molar refractivity (Wildman–Crippen MR) is 61.3 cm³/mol. The van der Waals surface area contributed by atoms with E-state index in [1.807, 2.05) is 12.1 Å². The Hall–Kier alpha value is -1.59. The van der Waals surface area contributed by atoms with Crippen molar-refractivity contribution in [2.45, 2.75) is 12.2 Å². The van der Waals surface area contributed by atoms with Gasteiger partial charge in [-0.1, -0.05) is 12.1 Å². The molecule has 1 aliphatic rings. The molecule has 0 saturated carbocycles. The van der Waals surface area contributed by atoms with Crippen molar-refractivity contribution >= 4 is 11.7 Å². The molecule has 0 bridgehead atoms. The van der Waals surface area contributed by atoms with Gasteiger partial charge in [-0.3, -0.25) is 0 Å². The predicted octanol–water partition coefficient (Wildman–Crippen LogP) is 0.898. The normalized spacial score (nSPS) is 24.3. The summed E-state index contributed by atoms with van der Waals surface area (Å²) < 4.78 is 15.7. The van der Waals surface area contributed by atoms with Gasteiger partial charge in [0.1, 0.15) is 6.10 Å². The molecule has 1 fully saturated rings. The van der Waals surface area contributed by atoms with Gasteiger partial charge in [0.15, 0.2) is 6.10 Å². The summed E-state index contributed by atoms with van der Waals surface area (Å²) in [5.74, 6) is -0.433. The van der Waals surface area contributed by atoms with Crippen LogP contribution in [0.25, 0.3) is 0 Å². The van der Waals surface area contributed by atoms with Crippen LogP contribution >= 0.6 is 0 Å². The van der Waals surface area contributed by atoms with E-state index in [1.165, 1.54) is 7.11 Å².